The number of carbonyl (C=O) groups is 1. The molecule has 0 spiro atoms. The van der Waals surface area contributed by atoms with Gasteiger partial charge in [0.25, 0.3) is 0 Å². The van der Waals surface area contributed by atoms with Crippen molar-refractivity contribution in [3.63, 3.8) is 0 Å². The summed E-state index contributed by atoms with van der Waals surface area (Å²) in [5.74, 6) is -0.549. The Hall–Kier alpha value is -3.39. The molecule has 0 fully saturated rings. The van der Waals surface area contributed by atoms with Crippen LogP contribution in [-0.4, -0.2) is 17.4 Å². The maximum atomic E-state index is 12.4. The number of rotatable bonds is 6. The maximum absolute atomic E-state index is 12.4. The molecule has 0 N–H and O–H groups in total. The summed E-state index contributed by atoms with van der Waals surface area (Å²) < 4.78 is 10.9. The summed E-state index contributed by atoms with van der Waals surface area (Å²) in [4.78, 5) is 16.6. The third-order valence-electron chi connectivity index (χ3n) is 3.60. The molecule has 3 aromatic rings. The van der Waals surface area contributed by atoms with Crippen molar-refractivity contribution in [1.82, 2.24) is 4.98 Å². The molecule has 0 saturated carbocycles. The second kappa shape index (κ2) is 7.45. The summed E-state index contributed by atoms with van der Waals surface area (Å²) in [6.07, 6.45) is 3.03. The molecule has 0 aliphatic carbocycles. The number of oxazole rings is 1. The highest BCUT2D eigenvalue weighted by atomic mass is 16.5. The summed E-state index contributed by atoms with van der Waals surface area (Å²) in [5.41, 5.74) is 2.02. The number of nitriles is 1. The molecular weight excluding hydrogens is 316 g/mol. The minimum Gasteiger partial charge on any atom is -0.494 e. The van der Waals surface area contributed by atoms with Crippen LogP contribution in [0, 0.1) is 11.3 Å². The normalized spacial score (nSPS) is 12.2. The van der Waals surface area contributed by atoms with E-state index in [2.05, 4.69) is 4.98 Å². The number of para-hydroxylation sites is 2. The first-order valence-electron chi connectivity index (χ1n) is 7.91. The lowest BCUT2D eigenvalue weighted by Gasteiger charge is -2.02. The smallest absolute Gasteiger partial charge is 0.220 e. The molecule has 0 bridgehead atoms. The molecular formula is C20H16N2O3. The minimum absolute atomic E-state index is 0.116. The van der Waals surface area contributed by atoms with Gasteiger partial charge in [0.2, 0.25) is 5.89 Å². The highest BCUT2D eigenvalue weighted by Crippen LogP contribution is 2.22. The van der Waals surface area contributed by atoms with E-state index in [0.29, 0.717) is 17.7 Å². The molecule has 2 aromatic carbocycles. The van der Waals surface area contributed by atoms with Crippen LogP contribution in [0.25, 0.3) is 17.2 Å². The van der Waals surface area contributed by atoms with Gasteiger partial charge in [0.05, 0.1) is 12.7 Å². The van der Waals surface area contributed by atoms with E-state index in [9.17, 15) is 10.1 Å². The molecule has 0 unspecified atom stereocenters. The Bertz CT molecular complexity index is 916. The summed E-state index contributed by atoms with van der Waals surface area (Å²) in [6, 6.07) is 16.5. The number of fused-ring (bicyclic) bond motifs is 1. The van der Waals surface area contributed by atoms with Gasteiger partial charge in [-0.25, -0.2) is 4.98 Å². The van der Waals surface area contributed by atoms with Gasteiger partial charge in [-0.1, -0.05) is 30.3 Å². The summed E-state index contributed by atoms with van der Waals surface area (Å²) in [7, 11) is 0. The number of benzene rings is 2. The number of carbonyl (C=O) groups excluding carboxylic acids is 1. The van der Waals surface area contributed by atoms with Crippen LogP contribution in [0.4, 0.5) is 0 Å². The molecule has 0 aliphatic heterocycles. The van der Waals surface area contributed by atoms with Gasteiger partial charge in [-0.3, -0.25) is 4.79 Å². The fourth-order valence-electron chi connectivity index (χ4n) is 2.37. The van der Waals surface area contributed by atoms with Crippen LogP contribution >= 0.6 is 0 Å². The van der Waals surface area contributed by atoms with Crippen LogP contribution in [-0.2, 0) is 4.79 Å². The van der Waals surface area contributed by atoms with Crippen LogP contribution in [0.1, 0.15) is 24.3 Å². The van der Waals surface area contributed by atoms with Gasteiger partial charge in [0.15, 0.2) is 17.3 Å². The Kier molecular flexibility index (Phi) is 4.91. The van der Waals surface area contributed by atoms with Crippen molar-refractivity contribution >= 4 is 23.0 Å². The van der Waals surface area contributed by atoms with E-state index in [1.54, 1.807) is 18.2 Å². The predicted molar refractivity (Wildman–Crippen MR) is 94.0 cm³/mol. The Morgan fingerprint density at radius 3 is 2.72 bits per heavy atom. The first-order valence-corrected chi connectivity index (χ1v) is 7.91. The Morgan fingerprint density at radius 1 is 1.28 bits per heavy atom. The van der Waals surface area contributed by atoms with Crippen molar-refractivity contribution in [1.29, 1.82) is 5.26 Å². The lowest BCUT2D eigenvalue weighted by atomic mass is 10.0. The number of allylic oxidation sites excluding steroid dienone is 1. The largest absolute Gasteiger partial charge is 0.494 e. The van der Waals surface area contributed by atoms with Crippen LogP contribution < -0.4 is 4.74 Å². The fourth-order valence-corrected chi connectivity index (χ4v) is 2.37. The molecule has 124 valence electrons. The van der Waals surface area contributed by atoms with Gasteiger partial charge in [0, 0.05) is 0 Å². The molecule has 5 nitrogen and oxygen atoms in total. The zero-order chi connectivity index (χ0) is 17.6. The molecule has 0 amide bonds. The van der Waals surface area contributed by atoms with E-state index in [-0.39, 0.29) is 11.7 Å². The molecule has 0 radical (unpaired) electrons. The quantitative estimate of drug-likeness (QED) is 0.635. The third-order valence-corrected chi connectivity index (χ3v) is 3.60. The van der Waals surface area contributed by atoms with E-state index in [4.69, 9.17) is 9.15 Å². The maximum Gasteiger partial charge on any atom is 0.220 e. The molecule has 0 saturated heterocycles. The van der Waals surface area contributed by atoms with Crippen molar-refractivity contribution in [2.45, 2.75) is 12.8 Å². The SMILES string of the molecule is CCOc1ccc(/C=C/C(=O)[C@H](C#N)c2nc3ccccc3o2)cc1. The number of nitrogens with zero attached hydrogens (tertiary/aromatic N) is 2. The first-order chi connectivity index (χ1) is 12.2. The number of aromatic nitrogens is 1. The highest BCUT2D eigenvalue weighted by molar-refractivity contribution is 6.00. The van der Waals surface area contributed by atoms with Crippen molar-refractivity contribution in [2.75, 3.05) is 6.61 Å². The summed E-state index contributed by atoms with van der Waals surface area (Å²) in [5, 5.41) is 9.35. The number of hydrogen-bond acceptors (Lipinski definition) is 5. The standard InChI is InChI=1S/C20H16N2O3/c1-2-24-15-10-7-14(8-11-15)9-12-18(23)16(13-21)20-22-17-5-3-4-6-19(17)25-20/h3-12,16H,2H2,1H3/b12-9+/t16-/m0/s1. The topological polar surface area (TPSA) is 76.1 Å². The number of hydrogen-bond donors (Lipinski definition) is 0. The zero-order valence-corrected chi connectivity index (χ0v) is 13.7. The molecule has 25 heavy (non-hydrogen) atoms. The second-order valence-electron chi connectivity index (χ2n) is 5.32. The molecule has 0 aliphatic rings. The van der Waals surface area contributed by atoms with Crippen molar-refractivity contribution < 1.29 is 13.9 Å². The monoisotopic (exact) mass is 332 g/mol. The fraction of sp³-hybridized carbons (Fsp3) is 0.150. The molecule has 5 heteroatoms. The average Bonchev–Trinajstić information content (AvgIpc) is 3.05. The lowest BCUT2D eigenvalue weighted by Crippen LogP contribution is -2.08. The first kappa shape index (κ1) is 16.5. The van der Waals surface area contributed by atoms with Gasteiger partial charge in [-0.05, 0) is 42.8 Å². The Labute approximate surface area is 145 Å². The van der Waals surface area contributed by atoms with Crippen LogP contribution in [0.15, 0.2) is 59.0 Å². The van der Waals surface area contributed by atoms with Crippen LogP contribution in [0.3, 0.4) is 0 Å². The number of ketones is 1. The third kappa shape index (κ3) is 3.75. The van der Waals surface area contributed by atoms with Gasteiger partial charge in [0.1, 0.15) is 11.3 Å². The average molecular weight is 332 g/mol. The molecule has 1 atom stereocenters. The molecule has 3 rings (SSSR count). The van der Waals surface area contributed by atoms with Crippen molar-refractivity contribution in [2.24, 2.45) is 0 Å². The molecule has 1 aromatic heterocycles. The summed E-state index contributed by atoms with van der Waals surface area (Å²) >= 11 is 0. The number of ether oxygens (including phenoxy) is 1. The molecule has 1 heterocycles. The van der Waals surface area contributed by atoms with Crippen molar-refractivity contribution in [3.8, 4) is 11.8 Å². The van der Waals surface area contributed by atoms with E-state index in [0.717, 1.165) is 11.3 Å². The van der Waals surface area contributed by atoms with Gasteiger partial charge >= 0.3 is 0 Å². The van der Waals surface area contributed by atoms with Gasteiger partial charge < -0.3 is 9.15 Å². The highest BCUT2D eigenvalue weighted by Gasteiger charge is 2.23. The predicted octanol–water partition coefficient (Wildman–Crippen LogP) is 4.12. The van der Waals surface area contributed by atoms with Crippen LogP contribution in [0.5, 0.6) is 5.75 Å². The zero-order valence-electron chi connectivity index (χ0n) is 13.7. The minimum atomic E-state index is -1.06. The second-order valence-corrected chi connectivity index (χ2v) is 5.32. The van der Waals surface area contributed by atoms with Gasteiger partial charge in [-0.2, -0.15) is 5.26 Å². The summed E-state index contributed by atoms with van der Waals surface area (Å²) in [6.45, 7) is 2.52. The van der Waals surface area contributed by atoms with Crippen LogP contribution in [0.2, 0.25) is 0 Å². The Morgan fingerprint density at radius 2 is 2.04 bits per heavy atom. The van der Waals surface area contributed by atoms with E-state index in [1.807, 2.05) is 49.4 Å². The Balaban J connectivity index is 1.77. The van der Waals surface area contributed by atoms with Crippen molar-refractivity contribution in [3.05, 3.63) is 66.1 Å². The van der Waals surface area contributed by atoms with E-state index in [1.165, 1.54) is 6.08 Å². The van der Waals surface area contributed by atoms with Gasteiger partial charge in [-0.15, -0.1) is 0 Å². The van der Waals surface area contributed by atoms with E-state index >= 15 is 0 Å². The lowest BCUT2D eigenvalue weighted by molar-refractivity contribution is -0.115. The van der Waals surface area contributed by atoms with E-state index < -0.39 is 5.92 Å².